The molecule has 1 aromatic rings. The summed E-state index contributed by atoms with van der Waals surface area (Å²) in [5.74, 6) is 0.470. The van der Waals surface area contributed by atoms with Gasteiger partial charge in [0.05, 0.1) is 14.2 Å². The normalized spacial score (nSPS) is 12.6. The van der Waals surface area contributed by atoms with Crippen LogP contribution in [0.15, 0.2) is 16.6 Å². The van der Waals surface area contributed by atoms with Crippen molar-refractivity contribution in [1.82, 2.24) is 0 Å². The van der Waals surface area contributed by atoms with Gasteiger partial charge in [0.1, 0.15) is 22.0 Å². The highest BCUT2D eigenvalue weighted by Crippen LogP contribution is 2.40. The summed E-state index contributed by atoms with van der Waals surface area (Å²) in [4.78, 5) is 0. The van der Waals surface area contributed by atoms with Gasteiger partial charge in [-0.3, -0.25) is 0 Å². The molecule has 0 radical (unpaired) electrons. The van der Waals surface area contributed by atoms with Crippen LogP contribution < -0.4 is 15.2 Å². The Morgan fingerprint density at radius 3 is 1.83 bits per heavy atom. The quantitative estimate of drug-likeness (QED) is 0.908. The van der Waals surface area contributed by atoms with Crippen LogP contribution in [-0.2, 0) is 0 Å². The number of ether oxygens (including phenoxy) is 2. The van der Waals surface area contributed by atoms with Crippen molar-refractivity contribution in [3.05, 3.63) is 22.2 Å². The third kappa shape index (κ3) is 3.66. The maximum absolute atomic E-state index is 12.5. The second-order valence-electron chi connectivity index (χ2n) is 3.26. The van der Waals surface area contributed by atoms with Crippen molar-refractivity contribution in [1.29, 1.82) is 0 Å². The van der Waals surface area contributed by atoms with Crippen molar-refractivity contribution in [2.75, 3.05) is 14.2 Å². The topological polar surface area (TPSA) is 44.5 Å². The van der Waals surface area contributed by atoms with Crippen LogP contribution >= 0.6 is 28.3 Å². The SMILES string of the molecule is COc1cc([C@@H](N)C(F)(F)F)cc(OC)c1Br.Cl. The maximum atomic E-state index is 12.5. The lowest BCUT2D eigenvalue weighted by Gasteiger charge is -2.18. The minimum absolute atomic E-state index is 0. The van der Waals surface area contributed by atoms with Crippen LogP contribution in [0.3, 0.4) is 0 Å². The number of rotatable bonds is 3. The van der Waals surface area contributed by atoms with Crippen molar-refractivity contribution in [2.24, 2.45) is 5.73 Å². The van der Waals surface area contributed by atoms with Crippen LogP contribution in [0.25, 0.3) is 0 Å². The highest BCUT2D eigenvalue weighted by Gasteiger charge is 2.38. The lowest BCUT2D eigenvalue weighted by molar-refractivity contribution is -0.149. The number of nitrogens with two attached hydrogens (primary N) is 1. The number of alkyl halides is 3. The first-order valence-corrected chi connectivity index (χ1v) is 5.34. The van der Waals surface area contributed by atoms with E-state index in [1.807, 2.05) is 0 Å². The summed E-state index contributed by atoms with van der Waals surface area (Å²) in [6, 6.07) is 0.383. The molecule has 8 heteroatoms. The minimum atomic E-state index is -4.51. The standard InChI is InChI=1S/C10H11BrF3NO2.ClH/c1-16-6-3-5(9(15)10(12,13)14)4-7(17-2)8(6)11;/h3-4,9H,15H2,1-2H3;1H/t9-;/m1./s1. The van der Waals surface area contributed by atoms with E-state index in [2.05, 4.69) is 15.9 Å². The van der Waals surface area contributed by atoms with Crippen molar-refractivity contribution in [3.63, 3.8) is 0 Å². The average Bonchev–Trinajstić information content (AvgIpc) is 2.27. The zero-order chi connectivity index (χ0) is 13.2. The Labute approximate surface area is 117 Å². The molecule has 0 aliphatic rings. The van der Waals surface area contributed by atoms with Gasteiger partial charge in [0.2, 0.25) is 0 Å². The van der Waals surface area contributed by atoms with E-state index in [-0.39, 0.29) is 29.5 Å². The van der Waals surface area contributed by atoms with Gasteiger partial charge in [0.15, 0.2) is 0 Å². The first-order valence-electron chi connectivity index (χ1n) is 4.55. The summed E-state index contributed by atoms with van der Waals surface area (Å²) in [6.07, 6.45) is -4.51. The first-order chi connectivity index (χ1) is 7.81. The zero-order valence-electron chi connectivity index (χ0n) is 9.55. The first kappa shape index (κ1) is 17.3. The fraction of sp³-hybridized carbons (Fsp3) is 0.400. The van der Waals surface area contributed by atoms with E-state index in [1.54, 1.807) is 0 Å². The number of hydrogen-bond acceptors (Lipinski definition) is 3. The summed E-state index contributed by atoms with van der Waals surface area (Å²) in [7, 11) is 2.70. The fourth-order valence-electron chi connectivity index (χ4n) is 1.26. The Morgan fingerprint density at radius 1 is 1.17 bits per heavy atom. The number of hydrogen-bond donors (Lipinski definition) is 1. The monoisotopic (exact) mass is 349 g/mol. The molecule has 0 amide bonds. The average molecular weight is 351 g/mol. The molecule has 0 bridgehead atoms. The number of methoxy groups -OCH3 is 2. The highest BCUT2D eigenvalue weighted by atomic mass is 79.9. The molecule has 1 atom stereocenters. The van der Waals surface area contributed by atoms with Gasteiger partial charge >= 0.3 is 6.18 Å². The molecule has 104 valence electrons. The summed E-state index contributed by atoms with van der Waals surface area (Å²) in [5.41, 5.74) is 5.00. The van der Waals surface area contributed by atoms with Gasteiger partial charge < -0.3 is 15.2 Å². The predicted molar refractivity (Wildman–Crippen MR) is 67.5 cm³/mol. The van der Waals surface area contributed by atoms with E-state index in [0.29, 0.717) is 4.47 Å². The molecule has 0 saturated carbocycles. The predicted octanol–water partition coefficient (Wildman–Crippen LogP) is 3.45. The smallest absolute Gasteiger partial charge is 0.407 e. The van der Waals surface area contributed by atoms with Gasteiger partial charge in [0.25, 0.3) is 0 Å². The van der Waals surface area contributed by atoms with Crippen LogP contribution in [-0.4, -0.2) is 20.4 Å². The molecule has 0 fully saturated rings. The Kier molecular flexibility index (Phi) is 6.25. The van der Waals surface area contributed by atoms with Crippen LogP contribution in [0.5, 0.6) is 11.5 Å². The van der Waals surface area contributed by atoms with E-state index < -0.39 is 12.2 Å². The second kappa shape index (κ2) is 6.49. The van der Waals surface area contributed by atoms with Crippen LogP contribution in [0.1, 0.15) is 11.6 Å². The van der Waals surface area contributed by atoms with Crippen LogP contribution in [0, 0.1) is 0 Å². The third-order valence-electron chi connectivity index (χ3n) is 2.18. The molecule has 0 spiro atoms. The van der Waals surface area contributed by atoms with Crippen LogP contribution in [0.4, 0.5) is 13.2 Å². The van der Waals surface area contributed by atoms with Gasteiger partial charge in [-0.1, -0.05) is 0 Å². The third-order valence-corrected chi connectivity index (χ3v) is 2.96. The van der Waals surface area contributed by atoms with Crippen molar-refractivity contribution >= 4 is 28.3 Å². The molecule has 18 heavy (non-hydrogen) atoms. The lowest BCUT2D eigenvalue weighted by atomic mass is 10.1. The largest absolute Gasteiger partial charge is 0.495 e. The van der Waals surface area contributed by atoms with Crippen molar-refractivity contribution < 1.29 is 22.6 Å². The molecule has 0 unspecified atom stereocenters. The maximum Gasteiger partial charge on any atom is 0.407 e. The molecular formula is C10H12BrClF3NO2. The second-order valence-corrected chi connectivity index (χ2v) is 4.05. The van der Waals surface area contributed by atoms with Gasteiger partial charge in [0, 0.05) is 0 Å². The van der Waals surface area contributed by atoms with E-state index in [1.165, 1.54) is 26.4 Å². The Morgan fingerprint density at radius 2 is 1.56 bits per heavy atom. The fourth-order valence-corrected chi connectivity index (χ4v) is 1.81. The van der Waals surface area contributed by atoms with Crippen LogP contribution in [0.2, 0.25) is 0 Å². The molecule has 0 aliphatic carbocycles. The van der Waals surface area contributed by atoms with Gasteiger partial charge in [-0.2, -0.15) is 13.2 Å². The Hall–Kier alpha value is -0.660. The number of benzene rings is 1. The molecular weight excluding hydrogens is 338 g/mol. The van der Waals surface area contributed by atoms with E-state index in [4.69, 9.17) is 15.2 Å². The summed E-state index contributed by atoms with van der Waals surface area (Å²) >= 11 is 3.16. The van der Waals surface area contributed by atoms with Gasteiger partial charge in [-0.05, 0) is 33.6 Å². The highest BCUT2D eigenvalue weighted by molar-refractivity contribution is 9.10. The lowest BCUT2D eigenvalue weighted by Crippen LogP contribution is -2.28. The van der Waals surface area contributed by atoms with Gasteiger partial charge in [-0.15, -0.1) is 12.4 Å². The molecule has 3 nitrogen and oxygen atoms in total. The number of halogens is 5. The zero-order valence-corrected chi connectivity index (χ0v) is 11.9. The summed E-state index contributed by atoms with van der Waals surface area (Å²) in [6.45, 7) is 0. The molecule has 0 heterocycles. The summed E-state index contributed by atoms with van der Waals surface area (Å²) in [5, 5.41) is 0. The Bertz CT molecular complexity index is 390. The van der Waals surface area contributed by atoms with Crippen molar-refractivity contribution in [2.45, 2.75) is 12.2 Å². The molecule has 2 N–H and O–H groups in total. The van der Waals surface area contributed by atoms with Crippen molar-refractivity contribution in [3.8, 4) is 11.5 Å². The van der Waals surface area contributed by atoms with E-state index in [0.717, 1.165) is 0 Å². The summed E-state index contributed by atoms with van der Waals surface area (Å²) < 4.78 is 47.8. The minimum Gasteiger partial charge on any atom is -0.495 e. The molecule has 0 saturated heterocycles. The molecule has 0 aliphatic heterocycles. The molecule has 0 aromatic heterocycles. The van der Waals surface area contributed by atoms with E-state index in [9.17, 15) is 13.2 Å². The molecule has 1 aromatic carbocycles. The molecule has 1 rings (SSSR count). The van der Waals surface area contributed by atoms with E-state index >= 15 is 0 Å². The Balaban J connectivity index is 0.00000289. The van der Waals surface area contributed by atoms with Gasteiger partial charge in [-0.25, -0.2) is 0 Å².